The van der Waals surface area contributed by atoms with E-state index in [1.807, 2.05) is 36.4 Å². The van der Waals surface area contributed by atoms with Gasteiger partial charge in [0.25, 0.3) is 5.79 Å². The zero-order chi connectivity index (χ0) is 28.3. The van der Waals surface area contributed by atoms with Gasteiger partial charge in [0.1, 0.15) is 21.3 Å². The van der Waals surface area contributed by atoms with E-state index >= 15 is 0 Å². The molecule has 7 rings (SSSR count). The van der Waals surface area contributed by atoms with Gasteiger partial charge in [0.05, 0.1) is 23.7 Å². The van der Waals surface area contributed by atoms with Crippen LogP contribution in [0.4, 0.5) is 4.39 Å². The molecule has 4 heterocycles. The summed E-state index contributed by atoms with van der Waals surface area (Å²) >= 11 is 7.13. The van der Waals surface area contributed by atoms with Crippen LogP contribution in [-0.4, -0.2) is 33.3 Å². The highest BCUT2D eigenvalue weighted by Gasteiger charge is 2.42. The molecule has 41 heavy (non-hydrogen) atoms. The Balaban J connectivity index is 1.16. The predicted octanol–water partition coefficient (Wildman–Crippen LogP) is 7.28. The molecule has 5 aromatic rings. The van der Waals surface area contributed by atoms with Crippen molar-refractivity contribution >= 4 is 39.3 Å². The lowest BCUT2D eigenvalue weighted by molar-refractivity contribution is -0.0705. The normalized spacial score (nSPS) is 19.4. The first-order valence-electron chi connectivity index (χ1n) is 13.2. The number of carboxylic acid groups (broad SMARTS) is 1. The van der Waals surface area contributed by atoms with E-state index in [9.17, 15) is 14.3 Å². The summed E-state index contributed by atoms with van der Waals surface area (Å²) in [4.78, 5) is 17.3. The van der Waals surface area contributed by atoms with Gasteiger partial charge in [0, 0.05) is 30.5 Å². The van der Waals surface area contributed by atoms with Crippen molar-refractivity contribution in [3.8, 4) is 22.6 Å². The van der Waals surface area contributed by atoms with E-state index in [1.54, 1.807) is 31.2 Å². The Kier molecular flexibility index (Phi) is 6.26. The molecule has 1 N–H and O–H groups in total. The molecule has 208 valence electrons. The lowest BCUT2D eigenvalue weighted by Crippen LogP contribution is -2.32. The molecule has 0 saturated carbocycles. The fourth-order valence-electron chi connectivity index (χ4n) is 5.34. The predicted molar refractivity (Wildman–Crippen MR) is 154 cm³/mol. The molecule has 0 radical (unpaired) electrons. The second-order valence-corrected chi connectivity index (χ2v) is 11.8. The molecule has 10 heteroatoms. The number of carbonyl (C=O) groups is 1. The summed E-state index contributed by atoms with van der Waals surface area (Å²) in [5.74, 6) is -0.838. The van der Waals surface area contributed by atoms with Gasteiger partial charge >= 0.3 is 5.97 Å². The number of halogens is 2. The zero-order valence-corrected chi connectivity index (χ0v) is 23.5. The standard InChI is InChI=1S/C31H24ClFN2O5S/c1-31(22-10-9-19(32)14-23(22)33)39-25-4-2-3-21(28(25)40-31)18-7-5-17(6-8-18)13-27-34-29-24(15-26(41-29)30(36)37)35(27)16-20-11-12-38-20/h2-10,14-15,20H,11-13,16H2,1H3,(H,36,37)/t20-,31?/m0/s1. The maximum atomic E-state index is 14.8. The second-order valence-electron chi connectivity index (χ2n) is 10.3. The van der Waals surface area contributed by atoms with Gasteiger partial charge in [-0.15, -0.1) is 11.3 Å². The van der Waals surface area contributed by atoms with E-state index in [1.165, 1.54) is 17.4 Å². The molecule has 0 bridgehead atoms. The van der Waals surface area contributed by atoms with Gasteiger partial charge in [-0.05, 0) is 47.9 Å². The minimum absolute atomic E-state index is 0.108. The van der Waals surface area contributed by atoms with E-state index in [4.69, 9.17) is 30.8 Å². The quantitative estimate of drug-likeness (QED) is 0.214. The van der Waals surface area contributed by atoms with Crippen LogP contribution in [0.3, 0.4) is 0 Å². The average Bonchev–Trinajstić information content (AvgIpc) is 3.57. The zero-order valence-electron chi connectivity index (χ0n) is 21.9. The van der Waals surface area contributed by atoms with Crippen LogP contribution < -0.4 is 9.47 Å². The first kappa shape index (κ1) is 26.0. The van der Waals surface area contributed by atoms with Gasteiger partial charge in [-0.25, -0.2) is 14.2 Å². The lowest BCUT2D eigenvalue weighted by atomic mass is 10.0. The Bertz CT molecular complexity index is 1810. The van der Waals surface area contributed by atoms with Gasteiger partial charge in [-0.1, -0.05) is 48.0 Å². The molecular weight excluding hydrogens is 567 g/mol. The fraction of sp³-hybridized carbons (Fsp3) is 0.226. The van der Waals surface area contributed by atoms with Crippen molar-refractivity contribution in [3.05, 3.63) is 99.4 Å². The highest BCUT2D eigenvalue weighted by Crippen LogP contribution is 2.49. The van der Waals surface area contributed by atoms with Crippen LogP contribution in [0.5, 0.6) is 11.5 Å². The minimum Gasteiger partial charge on any atom is -0.477 e. The van der Waals surface area contributed by atoms with Crippen molar-refractivity contribution in [1.82, 2.24) is 9.55 Å². The highest BCUT2D eigenvalue weighted by atomic mass is 35.5. The van der Waals surface area contributed by atoms with Crippen LogP contribution in [0.25, 0.3) is 21.5 Å². The minimum atomic E-state index is -1.33. The van der Waals surface area contributed by atoms with Crippen molar-refractivity contribution in [2.45, 2.75) is 38.2 Å². The molecular formula is C31H24ClFN2O5S. The van der Waals surface area contributed by atoms with Crippen molar-refractivity contribution in [2.75, 3.05) is 6.61 Å². The van der Waals surface area contributed by atoms with Gasteiger partial charge < -0.3 is 23.9 Å². The number of aromatic carboxylic acids is 1. The largest absolute Gasteiger partial charge is 0.477 e. The molecule has 7 nitrogen and oxygen atoms in total. The van der Waals surface area contributed by atoms with Gasteiger partial charge in [0.15, 0.2) is 11.5 Å². The van der Waals surface area contributed by atoms with Crippen LogP contribution in [-0.2, 0) is 23.5 Å². The number of aromatic nitrogens is 2. The molecule has 2 atom stereocenters. The Labute approximate surface area is 243 Å². The summed E-state index contributed by atoms with van der Waals surface area (Å²) < 4.78 is 34.9. The van der Waals surface area contributed by atoms with Crippen LogP contribution in [0.15, 0.2) is 66.7 Å². The third-order valence-corrected chi connectivity index (χ3v) is 8.79. The van der Waals surface area contributed by atoms with E-state index in [-0.39, 0.29) is 16.5 Å². The van der Waals surface area contributed by atoms with Crippen LogP contribution >= 0.6 is 22.9 Å². The van der Waals surface area contributed by atoms with Crippen molar-refractivity contribution in [3.63, 3.8) is 0 Å². The molecule has 3 aromatic carbocycles. The van der Waals surface area contributed by atoms with Crippen molar-refractivity contribution in [2.24, 2.45) is 0 Å². The van der Waals surface area contributed by atoms with Crippen LogP contribution in [0.2, 0.25) is 5.02 Å². The first-order valence-corrected chi connectivity index (χ1v) is 14.4. The topological polar surface area (TPSA) is 82.8 Å². The summed E-state index contributed by atoms with van der Waals surface area (Å²) in [5.41, 5.74) is 3.90. The number of imidazole rings is 1. The van der Waals surface area contributed by atoms with E-state index < -0.39 is 17.6 Å². The van der Waals surface area contributed by atoms with Gasteiger partial charge in [0.2, 0.25) is 0 Å². The van der Waals surface area contributed by atoms with Gasteiger partial charge in [-0.2, -0.15) is 0 Å². The third kappa shape index (κ3) is 4.64. The number of fused-ring (bicyclic) bond motifs is 2. The number of benzene rings is 3. The number of hydrogen-bond donors (Lipinski definition) is 1. The van der Waals surface area contributed by atoms with Crippen molar-refractivity contribution in [1.29, 1.82) is 0 Å². The number of thiophene rings is 1. The smallest absolute Gasteiger partial charge is 0.346 e. The van der Waals surface area contributed by atoms with Crippen molar-refractivity contribution < 1.29 is 28.5 Å². The molecule has 1 fully saturated rings. The molecule has 0 spiro atoms. The number of nitrogens with zero attached hydrogens (tertiary/aromatic N) is 2. The molecule has 2 aliphatic rings. The lowest BCUT2D eigenvalue weighted by Gasteiger charge is -2.27. The summed E-state index contributed by atoms with van der Waals surface area (Å²) in [6.45, 7) is 3.07. The Morgan fingerprint density at radius 1 is 1.17 bits per heavy atom. The maximum absolute atomic E-state index is 14.8. The average molecular weight is 591 g/mol. The second kappa shape index (κ2) is 9.87. The first-order chi connectivity index (χ1) is 19.8. The Morgan fingerprint density at radius 2 is 1.98 bits per heavy atom. The maximum Gasteiger partial charge on any atom is 0.346 e. The summed E-state index contributed by atoms with van der Waals surface area (Å²) in [5, 5.41) is 9.74. The number of carboxylic acids is 1. The Morgan fingerprint density at radius 3 is 2.68 bits per heavy atom. The molecule has 2 aliphatic heterocycles. The summed E-state index contributed by atoms with van der Waals surface area (Å²) in [7, 11) is 0. The molecule has 0 amide bonds. The van der Waals surface area contributed by atoms with Gasteiger partial charge in [-0.3, -0.25) is 0 Å². The molecule has 0 aliphatic carbocycles. The van der Waals surface area contributed by atoms with Crippen LogP contribution in [0, 0.1) is 5.82 Å². The molecule has 1 unspecified atom stereocenters. The number of para-hydroxylation sites is 1. The molecule has 1 saturated heterocycles. The summed E-state index contributed by atoms with van der Waals surface area (Å²) in [6, 6.07) is 19.9. The summed E-state index contributed by atoms with van der Waals surface area (Å²) in [6.07, 6.45) is 1.66. The fourth-order valence-corrected chi connectivity index (χ4v) is 6.39. The van der Waals surface area contributed by atoms with E-state index in [0.29, 0.717) is 34.3 Å². The van der Waals surface area contributed by atoms with Crippen LogP contribution in [0.1, 0.15) is 40.0 Å². The monoisotopic (exact) mass is 590 g/mol. The van der Waals surface area contributed by atoms with E-state index in [0.717, 1.165) is 41.1 Å². The number of rotatable bonds is 7. The molecule has 2 aromatic heterocycles. The SMILES string of the molecule is CC1(c2ccc(Cl)cc2F)Oc2cccc(-c3ccc(Cc4nc5sc(C(=O)O)cc5n4C[C@@H]4CCO4)cc3)c2O1. The highest BCUT2D eigenvalue weighted by molar-refractivity contribution is 7.20. The number of hydrogen-bond acceptors (Lipinski definition) is 6. The third-order valence-electron chi connectivity index (χ3n) is 7.54. The van der Waals surface area contributed by atoms with E-state index in [2.05, 4.69) is 4.57 Å². The number of ether oxygens (including phenoxy) is 3. The Hall–Kier alpha value is -3.92.